The third-order valence-electron chi connectivity index (χ3n) is 3.10. The first-order chi connectivity index (χ1) is 9.71. The molecule has 1 N–H and O–H groups in total. The summed E-state index contributed by atoms with van der Waals surface area (Å²) < 4.78 is 24.5. The summed E-state index contributed by atoms with van der Waals surface area (Å²) in [5.41, 5.74) is 1.09. The lowest BCUT2D eigenvalue weighted by atomic mass is 10.0. The van der Waals surface area contributed by atoms with Crippen LogP contribution in [-0.2, 0) is 0 Å². The molecule has 0 bridgehead atoms. The largest absolute Gasteiger partial charge is 0.497 e. The van der Waals surface area contributed by atoms with Crippen molar-refractivity contribution in [2.24, 2.45) is 0 Å². The zero-order valence-electron chi connectivity index (χ0n) is 11.7. The number of aromatic nitrogens is 1. The molecule has 0 aliphatic heterocycles. The number of methoxy groups -OCH3 is 2. The van der Waals surface area contributed by atoms with Gasteiger partial charge in [0.1, 0.15) is 17.3 Å². The molecule has 0 aliphatic rings. The Morgan fingerprint density at radius 2 is 2.00 bits per heavy atom. The fraction of sp³-hybridized carbons (Fsp3) is 0.267. The second-order valence-electron chi connectivity index (χ2n) is 4.20. The predicted octanol–water partition coefficient (Wildman–Crippen LogP) is 2.55. The van der Waals surface area contributed by atoms with Gasteiger partial charge in [0.2, 0.25) is 0 Å². The number of ether oxygens (including phenoxy) is 2. The summed E-state index contributed by atoms with van der Waals surface area (Å²) in [4.78, 5) is 4.12. The van der Waals surface area contributed by atoms with Crippen LogP contribution in [0, 0.1) is 5.82 Å². The Kier molecular flexibility index (Phi) is 4.53. The van der Waals surface area contributed by atoms with Crippen LogP contribution in [0.25, 0.3) is 0 Å². The fourth-order valence-electron chi connectivity index (χ4n) is 2.11. The van der Waals surface area contributed by atoms with Crippen molar-refractivity contribution >= 4 is 0 Å². The first-order valence-corrected chi connectivity index (χ1v) is 6.20. The number of nitrogens with one attached hydrogen (secondary N) is 1. The molecular formula is C15H17FN2O2. The third kappa shape index (κ3) is 2.72. The summed E-state index contributed by atoms with van der Waals surface area (Å²) in [6, 6.07) is 7.94. The Bertz CT molecular complexity index is 590. The van der Waals surface area contributed by atoms with Crippen LogP contribution >= 0.6 is 0 Å². The van der Waals surface area contributed by atoms with Crippen molar-refractivity contribution in [3.63, 3.8) is 0 Å². The highest BCUT2D eigenvalue weighted by molar-refractivity contribution is 5.45. The van der Waals surface area contributed by atoms with E-state index in [9.17, 15) is 4.39 Å². The Hall–Kier alpha value is -2.14. The van der Waals surface area contributed by atoms with E-state index in [4.69, 9.17) is 9.47 Å². The van der Waals surface area contributed by atoms with Gasteiger partial charge in [-0.2, -0.15) is 0 Å². The SMILES string of the molecule is CNC(c1cc(OC)ccc1OC)c1ncccc1F. The van der Waals surface area contributed by atoms with Gasteiger partial charge in [-0.25, -0.2) is 4.39 Å². The summed E-state index contributed by atoms with van der Waals surface area (Å²) in [6.07, 6.45) is 1.56. The molecule has 4 nitrogen and oxygen atoms in total. The maximum atomic E-state index is 14.0. The highest BCUT2D eigenvalue weighted by Crippen LogP contribution is 2.32. The lowest BCUT2D eigenvalue weighted by molar-refractivity contribution is 0.393. The second kappa shape index (κ2) is 6.34. The number of rotatable bonds is 5. The van der Waals surface area contributed by atoms with Crippen molar-refractivity contribution in [1.29, 1.82) is 0 Å². The summed E-state index contributed by atoms with van der Waals surface area (Å²) >= 11 is 0. The van der Waals surface area contributed by atoms with Crippen LogP contribution in [0.15, 0.2) is 36.5 Å². The van der Waals surface area contributed by atoms with Crippen molar-refractivity contribution in [3.05, 3.63) is 53.6 Å². The first kappa shape index (κ1) is 14.3. The van der Waals surface area contributed by atoms with E-state index < -0.39 is 6.04 Å². The quantitative estimate of drug-likeness (QED) is 0.911. The minimum atomic E-state index is -0.416. The number of pyridine rings is 1. The number of nitrogens with zero attached hydrogens (tertiary/aromatic N) is 1. The van der Waals surface area contributed by atoms with Gasteiger partial charge in [-0.1, -0.05) is 0 Å². The van der Waals surface area contributed by atoms with Crippen molar-refractivity contribution in [2.75, 3.05) is 21.3 Å². The summed E-state index contributed by atoms with van der Waals surface area (Å²) in [5, 5.41) is 3.06. The van der Waals surface area contributed by atoms with Gasteiger partial charge in [-0.3, -0.25) is 4.98 Å². The molecule has 0 saturated heterocycles. The van der Waals surface area contributed by atoms with E-state index in [0.29, 0.717) is 17.2 Å². The summed E-state index contributed by atoms with van der Waals surface area (Å²) in [7, 11) is 4.91. The Labute approximate surface area is 117 Å². The Morgan fingerprint density at radius 1 is 1.20 bits per heavy atom. The average Bonchev–Trinajstić information content (AvgIpc) is 2.49. The molecule has 0 radical (unpaired) electrons. The Morgan fingerprint density at radius 3 is 2.60 bits per heavy atom. The zero-order valence-corrected chi connectivity index (χ0v) is 11.7. The molecule has 0 spiro atoms. The van der Waals surface area contributed by atoms with E-state index in [1.807, 2.05) is 6.07 Å². The van der Waals surface area contributed by atoms with Crippen molar-refractivity contribution in [1.82, 2.24) is 10.3 Å². The van der Waals surface area contributed by atoms with E-state index in [1.54, 1.807) is 45.7 Å². The molecule has 1 aromatic heterocycles. The number of halogens is 1. The molecule has 0 fully saturated rings. The zero-order chi connectivity index (χ0) is 14.5. The topological polar surface area (TPSA) is 43.4 Å². The van der Waals surface area contributed by atoms with Crippen molar-refractivity contribution < 1.29 is 13.9 Å². The summed E-state index contributed by atoms with van der Waals surface area (Å²) in [5.74, 6) is 0.962. The molecule has 0 amide bonds. The van der Waals surface area contributed by atoms with Gasteiger partial charge in [-0.05, 0) is 37.4 Å². The van der Waals surface area contributed by atoms with Gasteiger partial charge in [0.05, 0.1) is 26.0 Å². The van der Waals surface area contributed by atoms with Gasteiger partial charge in [0, 0.05) is 11.8 Å². The second-order valence-corrected chi connectivity index (χ2v) is 4.20. The van der Waals surface area contributed by atoms with Crippen LogP contribution in [0.2, 0.25) is 0 Å². The van der Waals surface area contributed by atoms with Crippen molar-refractivity contribution in [3.8, 4) is 11.5 Å². The molecule has 0 aliphatic carbocycles. The monoisotopic (exact) mass is 276 g/mol. The predicted molar refractivity (Wildman–Crippen MR) is 74.6 cm³/mol. The maximum absolute atomic E-state index is 14.0. The molecule has 1 aromatic carbocycles. The number of hydrogen-bond acceptors (Lipinski definition) is 4. The molecular weight excluding hydrogens is 259 g/mol. The lowest BCUT2D eigenvalue weighted by Gasteiger charge is -2.20. The van der Waals surface area contributed by atoms with Gasteiger partial charge < -0.3 is 14.8 Å². The minimum absolute atomic E-state index is 0.321. The highest BCUT2D eigenvalue weighted by Gasteiger charge is 2.21. The average molecular weight is 276 g/mol. The van der Waals surface area contributed by atoms with Gasteiger partial charge in [0.15, 0.2) is 0 Å². The molecule has 0 saturated carbocycles. The van der Waals surface area contributed by atoms with E-state index in [2.05, 4.69) is 10.3 Å². The van der Waals surface area contributed by atoms with Crippen molar-refractivity contribution in [2.45, 2.75) is 6.04 Å². The smallest absolute Gasteiger partial charge is 0.146 e. The van der Waals surface area contributed by atoms with Crippen LogP contribution in [0.3, 0.4) is 0 Å². The summed E-state index contributed by atoms with van der Waals surface area (Å²) in [6.45, 7) is 0. The third-order valence-corrected chi connectivity index (χ3v) is 3.10. The molecule has 1 atom stereocenters. The molecule has 1 heterocycles. The van der Waals surface area contributed by atoms with Crippen LogP contribution in [0.5, 0.6) is 11.5 Å². The molecule has 106 valence electrons. The highest BCUT2D eigenvalue weighted by atomic mass is 19.1. The molecule has 2 rings (SSSR count). The van der Waals surface area contributed by atoms with E-state index in [-0.39, 0.29) is 5.82 Å². The molecule has 1 unspecified atom stereocenters. The van der Waals surface area contributed by atoms with E-state index >= 15 is 0 Å². The normalized spacial score (nSPS) is 12.0. The molecule has 20 heavy (non-hydrogen) atoms. The standard InChI is InChI=1S/C15H17FN2O2/c1-17-14(15-12(16)5-4-8-18-15)11-9-10(19-2)6-7-13(11)20-3/h4-9,14,17H,1-3H3. The maximum Gasteiger partial charge on any atom is 0.146 e. The van der Waals surface area contributed by atoms with Crippen LogP contribution in [-0.4, -0.2) is 26.3 Å². The van der Waals surface area contributed by atoms with Gasteiger partial charge >= 0.3 is 0 Å². The van der Waals surface area contributed by atoms with Crippen LogP contribution in [0.1, 0.15) is 17.3 Å². The van der Waals surface area contributed by atoms with E-state index in [1.165, 1.54) is 6.07 Å². The lowest BCUT2D eigenvalue weighted by Crippen LogP contribution is -2.21. The van der Waals surface area contributed by atoms with Crippen LogP contribution in [0.4, 0.5) is 4.39 Å². The van der Waals surface area contributed by atoms with E-state index in [0.717, 1.165) is 5.56 Å². The minimum Gasteiger partial charge on any atom is -0.497 e. The van der Waals surface area contributed by atoms with Gasteiger partial charge in [-0.15, -0.1) is 0 Å². The molecule has 5 heteroatoms. The number of benzene rings is 1. The van der Waals surface area contributed by atoms with Crippen LogP contribution < -0.4 is 14.8 Å². The molecule has 2 aromatic rings. The van der Waals surface area contributed by atoms with Gasteiger partial charge in [0.25, 0.3) is 0 Å². The number of hydrogen-bond donors (Lipinski definition) is 1. The fourth-order valence-corrected chi connectivity index (χ4v) is 2.11. The first-order valence-electron chi connectivity index (χ1n) is 6.20. The Balaban J connectivity index is 2.54.